The summed E-state index contributed by atoms with van der Waals surface area (Å²) in [5.41, 5.74) is 1.57. The maximum absolute atomic E-state index is 4.43. The topological polar surface area (TPSA) is 39.7 Å². The van der Waals surface area contributed by atoms with E-state index in [-0.39, 0.29) is 5.41 Å². The number of benzene rings is 1. The summed E-state index contributed by atoms with van der Waals surface area (Å²) in [6, 6.07) is 11.9. The van der Waals surface area contributed by atoms with E-state index < -0.39 is 0 Å². The maximum atomic E-state index is 4.43. The number of rotatable bonds is 6. The number of hydrogen-bond acceptors (Lipinski definition) is 2. The first-order valence-corrected chi connectivity index (χ1v) is 9.65. The molecule has 0 saturated carbocycles. The van der Waals surface area contributed by atoms with Crippen LogP contribution < -0.4 is 10.6 Å². The van der Waals surface area contributed by atoms with Crippen LogP contribution in [0.1, 0.15) is 46.1 Å². The van der Waals surface area contributed by atoms with Crippen molar-refractivity contribution >= 4 is 5.96 Å². The molecule has 25 heavy (non-hydrogen) atoms. The first kappa shape index (κ1) is 19.8. The van der Waals surface area contributed by atoms with Gasteiger partial charge in [0, 0.05) is 38.8 Å². The summed E-state index contributed by atoms with van der Waals surface area (Å²) < 4.78 is 0. The Morgan fingerprint density at radius 3 is 2.40 bits per heavy atom. The van der Waals surface area contributed by atoms with Crippen molar-refractivity contribution in [2.75, 3.05) is 26.7 Å². The Balaban J connectivity index is 1.78. The smallest absolute Gasteiger partial charge is 0.191 e. The third-order valence-corrected chi connectivity index (χ3v) is 5.08. The number of hydrogen-bond donors (Lipinski definition) is 2. The molecule has 0 spiro atoms. The summed E-state index contributed by atoms with van der Waals surface area (Å²) in [6.07, 6.45) is 3.43. The summed E-state index contributed by atoms with van der Waals surface area (Å²) in [6.45, 7) is 12.4. The first-order chi connectivity index (χ1) is 11.9. The Morgan fingerprint density at radius 2 is 1.84 bits per heavy atom. The Labute approximate surface area is 154 Å². The summed E-state index contributed by atoms with van der Waals surface area (Å²) in [4.78, 5) is 6.98. The zero-order valence-electron chi connectivity index (χ0n) is 16.7. The third-order valence-electron chi connectivity index (χ3n) is 5.08. The highest BCUT2D eigenvalue weighted by atomic mass is 15.2. The molecular formula is C21H36N4. The number of piperidine rings is 1. The van der Waals surface area contributed by atoms with E-state index in [9.17, 15) is 0 Å². The van der Waals surface area contributed by atoms with E-state index >= 15 is 0 Å². The van der Waals surface area contributed by atoms with Crippen LogP contribution in [0.25, 0.3) is 0 Å². The fraction of sp³-hybridized carbons (Fsp3) is 0.667. The van der Waals surface area contributed by atoms with Crippen LogP contribution in [0.4, 0.5) is 0 Å². The highest BCUT2D eigenvalue weighted by Crippen LogP contribution is 2.20. The first-order valence-electron chi connectivity index (χ1n) is 9.65. The largest absolute Gasteiger partial charge is 0.356 e. The molecule has 0 amide bonds. The maximum Gasteiger partial charge on any atom is 0.191 e. The van der Waals surface area contributed by atoms with Gasteiger partial charge in [-0.2, -0.15) is 0 Å². The second kappa shape index (κ2) is 9.23. The van der Waals surface area contributed by atoms with E-state index in [0.29, 0.717) is 12.1 Å². The van der Waals surface area contributed by atoms with Crippen LogP contribution in [-0.2, 0) is 6.42 Å². The van der Waals surface area contributed by atoms with E-state index in [1.165, 1.54) is 31.5 Å². The Hall–Kier alpha value is -1.55. The molecule has 0 aliphatic carbocycles. The molecule has 2 rings (SSSR count). The van der Waals surface area contributed by atoms with Crippen molar-refractivity contribution in [3.8, 4) is 0 Å². The van der Waals surface area contributed by atoms with Crippen molar-refractivity contribution in [3.63, 3.8) is 0 Å². The van der Waals surface area contributed by atoms with Gasteiger partial charge < -0.3 is 15.5 Å². The third kappa shape index (κ3) is 6.69. The predicted molar refractivity (Wildman–Crippen MR) is 108 cm³/mol. The lowest BCUT2D eigenvalue weighted by Gasteiger charge is -2.35. The summed E-state index contributed by atoms with van der Waals surface area (Å²) in [5, 5.41) is 7.15. The molecule has 0 atom stereocenters. The summed E-state index contributed by atoms with van der Waals surface area (Å²) >= 11 is 0. The molecule has 0 bridgehead atoms. The monoisotopic (exact) mass is 344 g/mol. The highest BCUT2D eigenvalue weighted by Gasteiger charge is 2.23. The van der Waals surface area contributed by atoms with Crippen molar-refractivity contribution in [2.24, 2.45) is 10.4 Å². The molecule has 1 aliphatic heterocycles. The van der Waals surface area contributed by atoms with E-state index in [1.807, 2.05) is 7.05 Å². The lowest BCUT2D eigenvalue weighted by molar-refractivity contribution is 0.167. The van der Waals surface area contributed by atoms with Gasteiger partial charge in [-0.15, -0.1) is 0 Å². The molecule has 0 unspecified atom stereocenters. The number of guanidine groups is 1. The van der Waals surface area contributed by atoms with Crippen LogP contribution in [0.5, 0.6) is 0 Å². The van der Waals surface area contributed by atoms with Gasteiger partial charge in [0.1, 0.15) is 0 Å². The second-order valence-corrected chi connectivity index (χ2v) is 8.30. The molecule has 1 saturated heterocycles. The van der Waals surface area contributed by atoms with Crippen LogP contribution in [0.2, 0.25) is 0 Å². The molecule has 2 N–H and O–H groups in total. The Morgan fingerprint density at radius 1 is 1.20 bits per heavy atom. The minimum Gasteiger partial charge on any atom is -0.356 e. The van der Waals surface area contributed by atoms with Gasteiger partial charge in [0.25, 0.3) is 0 Å². The van der Waals surface area contributed by atoms with Crippen LogP contribution in [0.3, 0.4) is 0 Å². The average Bonchev–Trinajstić information content (AvgIpc) is 2.59. The normalized spacial score (nSPS) is 17.8. The van der Waals surface area contributed by atoms with Gasteiger partial charge in [-0.05, 0) is 44.1 Å². The van der Waals surface area contributed by atoms with E-state index in [2.05, 4.69) is 78.6 Å². The zero-order valence-corrected chi connectivity index (χ0v) is 16.7. The minimum absolute atomic E-state index is 0.181. The van der Waals surface area contributed by atoms with Crippen molar-refractivity contribution in [1.29, 1.82) is 0 Å². The molecule has 1 aliphatic rings. The number of aliphatic imine (C=N–C) groups is 1. The molecule has 1 aromatic rings. The Bertz CT molecular complexity index is 528. The molecular weight excluding hydrogens is 308 g/mol. The SMILES string of the molecule is CN=C(NCC(C)(C)Cc1ccccc1)NC1CCN(C(C)C)CC1. The quantitative estimate of drug-likeness (QED) is 0.614. The standard InChI is InChI=1S/C21H36N4/c1-17(2)25-13-11-19(12-14-25)24-20(22-5)23-16-21(3,4)15-18-9-7-6-8-10-18/h6-10,17,19H,11-16H2,1-5H3,(H2,22,23,24). The van der Waals surface area contributed by atoms with Crippen molar-refractivity contribution in [3.05, 3.63) is 35.9 Å². The van der Waals surface area contributed by atoms with E-state index in [4.69, 9.17) is 0 Å². The van der Waals surface area contributed by atoms with Gasteiger partial charge in [-0.25, -0.2) is 0 Å². The Kier molecular flexibility index (Phi) is 7.30. The molecule has 1 fully saturated rings. The molecule has 4 heteroatoms. The van der Waals surface area contributed by atoms with E-state index in [0.717, 1.165) is 18.9 Å². The fourth-order valence-corrected chi connectivity index (χ4v) is 3.48. The fourth-order valence-electron chi connectivity index (χ4n) is 3.48. The molecule has 140 valence electrons. The second-order valence-electron chi connectivity index (χ2n) is 8.30. The van der Waals surface area contributed by atoms with Gasteiger partial charge in [0.2, 0.25) is 0 Å². The van der Waals surface area contributed by atoms with Gasteiger partial charge in [-0.3, -0.25) is 4.99 Å². The molecule has 1 aromatic carbocycles. The lowest BCUT2D eigenvalue weighted by Crippen LogP contribution is -2.51. The molecule has 1 heterocycles. The zero-order chi connectivity index (χ0) is 18.3. The van der Waals surface area contributed by atoms with Gasteiger partial charge in [0.15, 0.2) is 5.96 Å². The van der Waals surface area contributed by atoms with E-state index in [1.54, 1.807) is 0 Å². The number of likely N-dealkylation sites (tertiary alicyclic amines) is 1. The van der Waals surface area contributed by atoms with Crippen LogP contribution in [0.15, 0.2) is 35.3 Å². The molecule has 4 nitrogen and oxygen atoms in total. The predicted octanol–water partition coefficient (Wildman–Crippen LogP) is 3.29. The lowest BCUT2D eigenvalue weighted by atomic mass is 9.86. The van der Waals surface area contributed by atoms with Crippen molar-refractivity contribution < 1.29 is 0 Å². The minimum atomic E-state index is 0.181. The van der Waals surface area contributed by atoms with Crippen molar-refractivity contribution in [2.45, 2.75) is 59.0 Å². The van der Waals surface area contributed by atoms with Crippen LogP contribution >= 0.6 is 0 Å². The van der Waals surface area contributed by atoms with Crippen LogP contribution in [-0.4, -0.2) is 49.6 Å². The van der Waals surface area contributed by atoms with Gasteiger partial charge in [-0.1, -0.05) is 44.2 Å². The molecule has 0 radical (unpaired) electrons. The summed E-state index contributed by atoms with van der Waals surface area (Å²) in [7, 11) is 1.86. The van der Waals surface area contributed by atoms with Gasteiger partial charge in [0.05, 0.1) is 0 Å². The molecule has 0 aromatic heterocycles. The van der Waals surface area contributed by atoms with Gasteiger partial charge >= 0.3 is 0 Å². The number of nitrogens with one attached hydrogen (secondary N) is 2. The van der Waals surface area contributed by atoms with Crippen LogP contribution in [0, 0.1) is 5.41 Å². The van der Waals surface area contributed by atoms with Crippen molar-refractivity contribution in [1.82, 2.24) is 15.5 Å². The number of nitrogens with zero attached hydrogens (tertiary/aromatic N) is 2. The average molecular weight is 345 g/mol. The highest BCUT2D eigenvalue weighted by molar-refractivity contribution is 5.80. The summed E-state index contributed by atoms with van der Waals surface area (Å²) in [5.74, 6) is 0.934.